The summed E-state index contributed by atoms with van der Waals surface area (Å²) >= 11 is 0. The van der Waals surface area contributed by atoms with Gasteiger partial charge in [0.05, 0.1) is 17.2 Å². The summed E-state index contributed by atoms with van der Waals surface area (Å²) in [4.78, 5) is 0. The van der Waals surface area contributed by atoms with Gasteiger partial charge in [0, 0.05) is 18.7 Å². The van der Waals surface area contributed by atoms with Gasteiger partial charge in [-0.3, -0.25) is 0 Å². The van der Waals surface area contributed by atoms with E-state index in [4.69, 9.17) is 4.74 Å². The third kappa shape index (κ3) is 8.52. The Morgan fingerprint density at radius 2 is 1.16 bits per heavy atom. The smallest absolute Gasteiger partial charge is 0.429 e. The van der Waals surface area contributed by atoms with Crippen LogP contribution in [0, 0.1) is 40.9 Å². The van der Waals surface area contributed by atoms with Gasteiger partial charge in [-0.1, -0.05) is 6.07 Å². The van der Waals surface area contributed by atoms with Gasteiger partial charge in [-0.15, -0.1) is 13.2 Å². The SMILES string of the molecule is CCOC1CCC(C2CCC(c3ccc(C(F)(F)Oc4cc(F)c(-c5cc(F)c(C(F)(F)OC(F)(F)F)c(F)c5)c(F)c4)c(F)c3)CC2)CC1. The van der Waals surface area contributed by atoms with Crippen LogP contribution in [-0.2, 0) is 21.7 Å². The normalized spacial score (nSPS) is 22.1. The van der Waals surface area contributed by atoms with Gasteiger partial charge in [0.15, 0.2) is 0 Å². The quantitative estimate of drug-likeness (QED) is 0.195. The minimum Gasteiger partial charge on any atom is -0.429 e. The van der Waals surface area contributed by atoms with Crippen LogP contribution in [-0.4, -0.2) is 19.1 Å². The molecule has 2 saturated carbocycles. The van der Waals surface area contributed by atoms with E-state index < -0.39 is 75.7 Å². The van der Waals surface area contributed by atoms with E-state index in [2.05, 4.69) is 9.47 Å². The van der Waals surface area contributed by atoms with E-state index in [1.54, 1.807) is 0 Å². The van der Waals surface area contributed by atoms with Crippen molar-refractivity contribution >= 4 is 0 Å². The van der Waals surface area contributed by atoms with Crippen molar-refractivity contribution < 1.29 is 66.9 Å². The van der Waals surface area contributed by atoms with E-state index in [1.165, 1.54) is 6.07 Å². The Hall–Kier alpha value is -3.46. The molecule has 2 fully saturated rings. The summed E-state index contributed by atoms with van der Waals surface area (Å²) in [5, 5.41) is 0. The van der Waals surface area contributed by atoms with Crippen molar-refractivity contribution in [2.45, 2.75) is 88.9 Å². The van der Waals surface area contributed by atoms with Crippen molar-refractivity contribution in [1.29, 1.82) is 0 Å². The summed E-state index contributed by atoms with van der Waals surface area (Å²) in [7, 11) is 0. The van der Waals surface area contributed by atoms with E-state index in [9.17, 15) is 39.5 Å². The molecule has 0 spiro atoms. The molecule has 15 heteroatoms. The molecule has 3 aromatic rings. The molecule has 0 saturated heterocycles. The minimum atomic E-state index is -6.01. The molecule has 0 N–H and O–H groups in total. The monoisotopic (exact) mass is 728 g/mol. The van der Waals surface area contributed by atoms with Crippen LogP contribution in [0.2, 0.25) is 0 Å². The Balaban J connectivity index is 1.27. The summed E-state index contributed by atoms with van der Waals surface area (Å²) in [6.45, 7) is 2.67. The fraction of sp³-hybridized carbons (Fsp3) is 0.486. The first-order valence-electron chi connectivity index (χ1n) is 16.0. The number of hydrogen-bond acceptors (Lipinski definition) is 3. The fourth-order valence-corrected chi connectivity index (χ4v) is 7.19. The number of alkyl halides is 7. The lowest BCUT2D eigenvalue weighted by Gasteiger charge is -2.38. The van der Waals surface area contributed by atoms with Crippen LogP contribution in [0.25, 0.3) is 11.1 Å². The third-order valence-corrected chi connectivity index (χ3v) is 9.47. The first-order valence-corrected chi connectivity index (χ1v) is 16.0. The zero-order valence-corrected chi connectivity index (χ0v) is 26.5. The van der Waals surface area contributed by atoms with Crippen molar-refractivity contribution in [2.75, 3.05) is 6.61 Å². The third-order valence-electron chi connectivity index (χ3n) is 9.47. The van der Waals surface area contributed by atoms with E-state index in [1.807, 2.05) is 6.92 Å². The molecule has 0 radical (unpaired) electrons. The number of benzene rings is 3. The van der Waals surface area contributed by atoms with Gasteiger partial charge >= 0.3 is 18.6 Å². The minimum absolute atomic E-state index is 0.0491. The van der Waals surface area contributed by atoms with Gasteiger partial charge in [-0.05, 0) is 111 Å². The van der Waals surface area contributed by atoms with Crippen LogP contribution in [0.5, 0.6) is 5.75 Å². The molecule has 2 aliphatic carbocycles. The second-order valence-electron chi connectivity index (χ2n) is 12.6. The molecule has 0 aliphatic heterocycles. The lowest BCUT2D eigenvalue weighted by molar-refractivity contribution is -0.432. The van der Waals surface area contributed by atoms with Crippen molar-refractivity contribution in [2.24, 2.45) is 11.8 Å². The predicted molar refractivity (Wildman–Crippen MR) is 156 cm³/mol. The first kappa shape index (κ1) is 37.8. The molecular formula is C35H32F12O3. The molecule has 0 bridgehead atoms. The molecule has 3 aromatic carbocycles. The maximum atomic E-state index is 15.1. The molecule has 0 unspecified atom stereocenters. The van der Waals surface area contributed by atoms with Gasteiger partial charge in [0.1, 0.15) is 40.4 Å². The summed E-state index contributed by atoms with van der Waals surface area (Å²) in [5.41, 5.74) is -5.61. The maximum Gasteiger partial charge on any atom is 0.527 e. The molecule has 0 heterocycles. The van der Waals surface area contributed by atoms with Crippen LogP contribution in [0.3, 0.4) is 0 Å². The number of hydrogen-bond donors (Lipinski definition) is 0. The number of ether oxygens (including phenoxy) is 3. The molecule has 50 heavy (non-hydrogen) atoms. The van der Waals surface area contributed by atoms with Crippen LogP contribution in [0.15, 0.2) is 42.5 Å². The number of rotatable bonds is 10. The topological polar surface area (TPSA) is 27.7 Å². The second-order valence-corrected chi connectivity index (χ2v) is 12.6. The van der Waals surface area contributed by atoms with Crippen LogP contribution in [0.4, 0.5) is 52.7 Å². The number of halogens is 12. The van der Waals surface area contributed by atoms with Crippen LogP contribution < -0.4 is 4.74 Å². The van der Waals surface area contributed by atoms with E-state index >= 15 is 13.2 Å². The second kappa shape index (κ2) is 14.6. The fourth-order valence-electron chi connectivity index (χ4n) is 7.19. The standard InChI is InChI=1S/C35H32F12O3/c1-2-48-23-10-7-19(8-11-23)18-3-5-20(6-4-18)21-9-12-25(26(36)13-21)33(41,42)49-24-16-27(37)31(28(38)17-24)22-14-29(39)32(30(40)15-22)34(43,44)50-35(45,46)47/h9,12-20,23H,2-8,10-11H2,1H3. The largest absolute Gasteiger partial charge is 0.527 e. The lowest BCUT2D eigenvalue weighted by atomic mass is 9.69. The highest BCUT2D eigenvalue weighted by Crippen LogP contribution is 2.45. The Kier molecular flexibility index (Phi) is 11.1. The summed E-state index contributed by atoms with van der Waals surface area (Å²) in [5.74, 6) is -9.67. The van der Waals surface area contributed by atoms with Gasteiger partial charge in [-0.25, -0.2) is 26.7 Å². The van der Waals surface area contributed by atoms with E-state index in [0.29, 0.717) is 30.1 Å². The molecule has 0 amide bonds. The Bertz CT molecular complexity index is 1610. The van der Waals surface area contributed by atoms with Gasteiger partial charge < -0.3 is 9.47 Å². The van der Waals surface area contributed by atoms with Crippen molar-refractivity contribution in [3.05, 3.63) is 88.2 Å². The van der Waals surface area contributed by atoms with Crippen molar-refractivity contribution in [3.63, 3.8) is 0 Å². The van der Waals surface area contributed by atoms with E-state index in [-0.39, 0.29) is 30.2 Å². The van der Waals surface area contributed by atoms with Crippen molar-refractivity contribution in [1.82, 2.24) is 0 Å². The highest BCUT2D eigenvalue weighted by atomic mass is 19.4. The average molecular weight is 729 g/mol. The molecule has 2 aliphatic rings. The molecular weight excluding hydrogens is 696 g/mol. The van der Waals surface area contributed by atoms with Gasteiger partial charge in [-0.2, -0.15) is 17.6 Å². The lowest BCUT2D eigenvalue weighted by Crippen LogP contribution is -2.29. The Morgan fingerprint density at radius 1 is 0.620 bits per heavy atom. The molecule has 0 atom stereocenters. The molecule has 3 nitrogen and oxygen atoms in total. The van der Waals surface area contributed by atoms with Crippen LogP contribution >= 0.6 is 0 Å². The Morgan fingerprint density at radius 3 is 1.66 bits per heavy atom. The van der Waals surface area contributed by atoms with E-state index in [0.717, 1.165) is 63.5 Å². The highest BCUT2D eigenvalue weighted by molar-refractivity contribution is 5.66. The van der Waals surface area contributed by atoms with Gasteiger partial charge in [0.2, 0.25) is 0 Å². The zero-order chi connectivity index (χ0) is 36.6. The zero-order valence-electron chi connectivity index (χ0n) is 26.5. The van der Waals surface area contributed by atoms with Gasteiger partial charge in [0.25, 0.3) is 0 Å². The summed E-state index contributed by atoms with van der Waals surface area (Å²) in [6, 6.07) is 3.29. The van der Waals surface area contributed by atoms with Crippen molar-refractivity contribution in [3.8, 4) is 16.9 Å². The Labute approximate surface area is 279 Å². The molecule has 5 rings (SSSR count). The van der Waals surface area contributed by atoms with Crippen LogP contribution in [0.1, 0.15) is 80.9 Å². The first-order chi connectivity index (χ1) is 23.4. The summed E-state index contributed by atoms with van der Waals surface area (Å²) in [6.07, 6.45) is -8.13. The highest BCUT2D eigenvalue weighted by Gasteiger charge is 2.49. The predicted octanol–water partition coefficient (Wildman–Crippen LogP) is 11.6. The molecule has 274 valence electrons. The average Bonchev–Trinajstić information content (AvgIpc) is 2.99. The summed E-state index contributed by atoms with van der Waals surface area (Å²) < 4.78 is 181. The maximum absolute atomic E-state index is 15.1. The molecule has 0 aromatic heterocycles.